The molecule has 5 nitrogen and oxygen atoms in total. The quantitative estimate of drug-likeness (QED) is 0.497. The second-order valence-electron chi connectivity index (χ2n) is 5.77. The number of amidine groups is 1. The Balaban J connectivity index is 3.08. The van der Waals surface area contributed by atoms with E-state index in [9.17, 15) is 4.79 Å². The topological polar surface area (TPSA) is 60.3 Å². The first kappa shape index (κ1) is 18.6. The summed E-state index contributed by atoms with van der Waals surface area (Å²) in [5.74, 6) is 0.0561. The van der Waals surface area contributed by atoms with E-state index in [4.69, 9.17) is 17.0 Å². The van der Waals surface area contributed by atoms with Gasteiger partial charge in [0.05, 0.1) is 0 Å². The lowest BCUT2D eigenvalue weighted by Crippen LogP contribution is -2.43. The fourth-order valence-corrected chi connectivity index (χ4v) is 2.20. The molecule has 122 valence electrons. The Morgan fingerprint density at radius 2 is 2.05 bits per heavy atom. The van der Waals surface area contributed by atoms with Crippen LogP contribution in [0.5, 0.6) is 0 Å². The van der Waals surface area contributed by atoms with Gasteiger partial charge in [0.15, 0.2) is 0 Å². The van der Waals surface area contributed by atoms with Crippen molar-refractivity contribution in [3.05, 3.63) is 28.5 Å². The highest BCUT2D eigenvalue weighted by atomic mass is 35.5. The van der Waals surface area contributed by atoms with Gasteiger partial charge in [-0.3, -0.25) is 15.1 Å². The van der Waals surface area contributed by atoms with Gasteiger partial charge in [-0.1, -0.05) is 25.4 Å². The molecule has 0 fully saturated rings. The number of halogens is 1. The largest absolute Gasteiger partial charge is 0.308 e. The second-order valence-corrected chi connectivity index (χ2v) is 6.16. The summed E-state index contributed by atoms with van der Waals surface area (Å²) < 4.78 is 0. The monoisotopic (exact) mass is 324 g/mol. The van der Waals surface area contributed by atoms with Crippen molar-refractivity contribution in [2.45, 2.75) is 27.2 Å². The first-order valence-corrected chi connectivity index (χ1v) is 7.82. The summed E-state index contributed by atoms with van der Waals surface area (Å²) in [6, 6.07) is 1.71. The summed E-state index contributed by atoms with van der Waals surface area (Å²) in [4.78, 5) is 20.2. The van der Waals surface area contributed by atoms with Gasteiger partial charge in [-0.2, -0.15) is 0 Å². The zero-order valence-corrected chi connectivity index (χ0v) is 14.7. The molecule has 1 aromatic rings. The van der Waals surface area contributed by atoms with Crippen molar-refractivity contribution < 1.29 is 4.79 Å². The lowest BCUT2D eigenvalue weighted by Gasteiger charge is -2.27. The summed E-state index contributed by atoms with van der Waals surface area (Å²) in [6.07, 6.45) is 2.31. The van der Waals surface area contributed by atoms with Crippen molar-refractivity contribution in [1.29, 1.82) is 5.41 Å². The molecular weight excluding hydrogens is 300 g/mol. The number of rotatable bonds is 6. The maximum Gasteiger partial charge on any atom is 0.231 e. The van der Waals surface area contributed by atoms with Crippen LogP contribution in [0.4, 0.5) is 0 Å². The van der Waals surface area contributed by atoms with Gasteiger partial charge in [0.25, 0.3) is 0 Å². The van der Waals surface area contributed by atoms with Crippen LogP contribution in [0.3, 0.4) is 0 Å². The Kier molecular flexibility index (Phi) is 6.97. The van der Waals surface area contributed by atoms with E-state index in [1.54, 1.807) is 17.2 Å². The van der Waals surface area contributed by atoms with Crippen molar-refractivity contribution in [2.75, 3.05) is 27.2 Å². The van der Waals surface area contributed by atoms with E-state index < -0.39 is 0 Å². The lowest BCUT2D eigenvalue weighted by molar-refractivity contribution is -0.131. The van der Waals surface area contributed by atoms with Crippen LogP contribution < -0.4 is 0 Å². The molecule has 0 spiro atoms. The maximum absolute atomic E-state index is 12.6. The molecular formula is C16H25ClN4O. The Morgan fingerprint density at radius 1 is 1.41 bits per heavy atom. The maximum atomic E-state index is 12.6. The molecule has 0 aliphatic carbocycles. The zero-order chi connectivity index (χ0) is 16.9. The Labute approximate surface area is 137 Å². The molecule has 6 heteroatoms. The minimum absolute atomic E-state index is 0.0244. The first-order chi connectivity index (χ1) is 10.3. The minimum atomic E-state index is -0.108. The van der Waals surface area contributed by atoms with Gasteiger partial charge in [-0.05, 0) is 39.1 Å². The smallest absolute Gasteiger partial charge is 0.231 e. The number of nitrogens with one attached hydrogen (secondary N) is 1. The molecule has 1 amide bonds. The number of likely N-dealkylation sites (N-methyl/N-ethyl adjacent to an activating group) is 1. The average molecular weight is 325 g/mol. The summed E-state index contributed by atoms with van der Waals surface area (Å²) in [5, 5.41) is 8.84. The first-order valence-electron chi connectivity index (χ1n) is 7.45. The molecule has 0 radical (unpaired) electrons. The highest BCUT2D eigenvalue weighted by molar-refractivity contribution is 6.29. The van der Waals surface area contributed by atoms with Gasteiger partial charge in [0.2, 0.25) is 5.91 Å². The normalized spacial score (nSPS) is 12.3. The van der Waals surface area contributed by atoms with E-state index in [2.05, 4.69) is 4.98 Å². The van der Waals surface area contributed by atoms with Gasteiger partial charge < -0.3 is 4.90 Å². The molecule has 0 aliphatic rings. The molecule has 0 bridgehead atoms. The molecule has 0 aliphatic heterocycles. The van der Waals surface area contributed by atoms with E-state index in [1.165, 1.54) is 0 Å². The standard InChI is InChI=1S/C16H25ClN4O/c1-6-11(2)16(22)21(8-7-20(4)5)15(18)13-10-19-14(17)9-12(13)3/h9-11,18H,6-8H2,1-5H3. The SMILES string of the molecule is CCC(C)C(=O)N(CCN(C)C)C(=N)c1cnc(Cl)cc1C. The van der Waals surface area contributed by atoms with Crippen LogP contribution in [0.2, 0.25) is 5.15 Å². The van der Waals surface area contributed by atoms with Crippen LogP contribution in [0.1, 0.15) is 31.4 Å². The van der Waals surface area contributed by atoms with Crippen LogP contribution in [0, 0.1) is 18.3 Å². The van der Waals surface area contributed by atoms with Gasteiger partial charge in [0.1, 0.15) is 11.0 Å². The molecule has 1 rings (SSSR count). The highest BCUT2D eigenvalue weighted by Crippen LogP contribution is 2.16. The number of aryl methyl sites for hydroxylation is 1. The summed E-state index contributed by atoms with van der Waals surface area (Å²) in [6.45, 7) is 6.92. The number of nitrogens with zero attached hydrogens (tertiary/aromatic N) is 3. The molecule has 0 saturated carbocycles. The molecule has 0 aromatic carbocycles. The van der Waals surface area contributed by atoms with Crippen molar-refractivity contribution in [3.63, 3.8) is 0 Å². The van der Waals surface area contributed by atoms with Crippen LogP contribution in [0.25, 0.3) is 0 Å². The van der Waals surface area contributed by atoms with Gasteiger partial charge in [-0.25, -0.2) is 4.98 Å². The summed E-state index contributed by atoms with van der Waals surface area (Å²) in [5.41, 5.74) is 1.48. The number of carbonyl (C=O) groups is 1. The van der Waals surface area contributed by atoms with E-state index in [-0.39, 0.29) is 17.7 Å². The number of hydrogen-bond donors (Lipinski definition) is 1. The molecule has 1 unspecified atom stereocenters. The predicted octanol–water partition coefficient (Wildman–Crippen LogP) is 2.81. The minimum Gasteiger partial charge on any atom is -0.308 e. The number of carbonyl (C=O) groups excluding carboxylic acids is 1. The molecule has 1 N–H and O–H groups in total. The van der Waals surface area contributed by atoms with Gasteiger partial charge in [-0.15, -0.1) is 0 Å². The van der Waals surface area contributed by atoms with Crippen LogP contribution in [-0.2, 0) is 4.79 Å². The molecule has 1 heterocycles. The number of amides is 1. The highest BCUT2D eigenvalue weighted by Gasteiger charge is 2.24. The lowest BCUT2D eigenvalue weighted by atomic mass is 10.1. The number of aromatic nitrogens is 1. The second kappa shape index (κ2) is 8.25. The Bertz CT molecular complexity index is 545. The molecule has 0 saturated heterocycles. The van der Waals surface area contributed by atoms with Crippen molar-refractivity contribution in [1.82, 2.24) is 14.8 Å². The van der Waals surface area contributed by atoms with Crippen LogP contribution in [0.15, 0.2) is 12.3 Å². The van der Waals surface area contributed by atoms with E-state index in [0.29, 0.717) is 23.8 Å². The summed E-state index contributed by atoms with van der Waals surface area (Å²) in [7, 11) is 3.90. The number of pyridine rings is 1. The third-order valence-corrected chi connectivity index (χ3v) is 3.88. The van der Waals surface area contributed by atoms with E-state index in [0.717, 1.165) is 12.0 Å². The Morgan fingerprint density at radius 3 is 2.55 bits per heavy atom. The van der Waals surface area contributed by atoms with Crippen molar-refractivity contribution in [2.24, 2.45) is 5.92 Å². The average Bonchev–Trinajstić information content (AvgIpc) is 2.45. The molecule has 1 aromatic heterocycles. The van der Waals surface area contributed by atoms with Crippen molar-refractivity contribution in [3.8, 4) is 0 Å². The van der Waals surface area contributed by atoms with E-state index in [1.807, 2.05) is 39.8 Å². The predicted molar refractivity (Wildman–Crippen MR) is 90.5 cm³/mol. The summed E-state index contributed by atoms with van der Waals surface area (Å²) >= 11 is 5.87. The molecule has 1 atom stereocenters. The number of hydrogen-bond acceptors (Lipinski definition) is 4. The van der Waals surface area contributed by atoms with Crippen molar-refractivity contribution >= 4 is 23.3 Å². The van der Waals surface area contributed by atoms with Gasteiger partial charge >= 0.3 is 0 Å². The fourth-order valence-electron chi connectivity index (χ4n) is 1.99. The zero-order valence-electron chi connectivity index (χ0n) is 14.0. The van der Waals surface area contributed by atoms with Gasteiger partial charge in [0, 0.05) is 30.8 Å². The molecule has 22 heavy (non-hydrogen) atoms. The van der Waals surface area contributed by atoms with Crippen LogP contribution in [-0.4, -0.2) is 53.7 Å². The van der Waals surface area contributed by atoms with E-state index >= 15 is 0 Å². The third-order valence-electron chi connectivity index (χ3n) is 3.67. The third kappa shape index (κ3) is 4.78. The fraction of sp³-hybridized carbons (Fsp3) is 0.562. The van der Waals surface area contributed by atoms with Crippen LogP contribution >= 0.6 is 11.6 Å². The Hall–Kier alpha value is -1.46.